The summed E-state index contributed by atoms with van der Waals surface area (Å²) in [5, 5.41) is 10.7. The Balaban J connectivity index is 2.26. The van der Waals surface area contributed by atoms with Crippen LogP contribution in [0.2, 0.25) is 0 Å². The van der Waals surface area contributed by atoms with E-state index in [1.807, 2.05) is 19.1 Å². The van der Waals surface area contributed by atoms with E-state index in [0.717, 1.165) is 6.42 Å². The van der Waals surface area contributed by atoms with Crippen molar-refractivity contribution in [2.75, 3.05) is 6.67 Å². The van der Waals surface area contributed by atoms with Crippen LogP contribution in [0, 0.1) is 6.92 Å². The summed E-state index contributed by atoms with van der Waals surface area (Å²) in [5.41, 5.74) is 0. The van der Waals surface area contributed by atoms with Gasteiger partial charge in [0.1, 0.15) is 6.67 Å². The number of alkyl halides is 1. The zero-order valence-electron chi connectivity index (χ0n) is 10.1. The maximum absolute atomic E-state index is 12.3. The minimum absolute atomic E-state index is 0.209. The molecule has 0 fully saturated rings. The molecule has 0 aliphatic carbocycles. The standard InChI is InChI=1S/C12H16FNO3S/c1-8-5-6-9(18-8)3-2-4-11(15)14-10(7-13)12(16)17/h5-6,10H,2-4,7H2,1H3,(H,14,15)(H,16,17). The van der Waals surface area contributed by atoms with Crippen LogP contribution in [0.1, 0.15) is 22.6 Å². The molecule has 4 nitrogen and oxygen atoms in total. The number of hydrogen-bond donors (Lipinski definition) is 2. The van der Waals surface area contributed by atoms with E-state index in [9.17, 15) is 14.0 Å². The minimum atomic E-state index is -1.43. The van der Waals surface area contributed by atoms with Crippen LogP contribution in [0.3, 0.4) is 0 Å². The molecule has 1 heterocycles. The van der Waals surface area contributed by atoms with Crippen molar-refractivity contribution in [2.24, 2.45) is 0 Å². The summed E-state index contributed by atoms with van der Waals surface area (Å²) in [5.74, 6) is -1.77. The number of amides is 1. The van der Waals surface area contributed by atoms with Crippen LogP contribution < -0.4 is 5.32 Å². The van der Waals surface area contributed by atoms with Gasteiger partial charge in [0.15, 0.2) is 6.04 Å². The largest absolute Gasteiger partial charge is 0.480 e. The first-order valence-corrected chi connectivity index (χ1v) is 6.48. The Labute approximate surface area is 109 Å². The van der Waals surface area contributed by atoms with Crippen molar-refractivity contribution in [3.63, 3.8) is 0 Å². The molecule has 1 aromatic rings. The number of hydrogen-bond acceptors (Lipinski definition) is 3. The smallest absolute Gasteiger partial charge is 0.328 e. The Morgan fingerprint density at radius 1 is 1.50 bits per heavy atom. The number of carboxylic acids is 1. The molecule has 18 heavy (non-hydrogen) atoms. The Morgan fingerprint density at radius 3 is 2.72 bits per heavy atom. The zero-order chi connectivity index (χ0) is 13.5. The van der Waals surface area contributed by atoms with Gasteiger partial charge in [-0.05, 0) is 31.9 Å². The van der Waals surface area contributed by atoms with Gasteiger partial charge in [-0.3, -0.25) is 4.79 Å². The van der Waals surface area contributed by atoms with Crippen LogP contribution in [0.4, 0.5) is 4.39 Å². The maximum Gasteiger partial charge on any atom is 0.328 e. The van der Waals surface area contributed by atoms with E-state index in [1.54, 1.807) is 11.3 Å². The van der Waals surface area contributed by atoms with Gasteiger partial charge < -0.3 is 10.4 Å². The lowest BCUT2D eigenvalue weighted by Crippen LogP contribution is -2.42. The number of carboxylic acid groups (broad SMARTS) is 1. The van der Waals surface area contributed by atoms with E-state index in [-0.39, 0.29) is 6.42 Å². The molecule has 100 valence electrons. The van der Waals surface area contributed by atoms with Gasteiger partial charge in [-0.15, -0.1) is 11.3 Å². The van der Waals surface area contributed by atoms with Gasteiger partial charge in [-0.1, -0.05) is 0 Å². The third-order valence-corrected chi connectivity index (χ3v) is 3.47. The molecule has 1 amide bonds. The second-order valence-electron chi connectivity index (χ2n) is 3.98. The highest BCUT2D eigenvalue weighted by Crippen LogP contribution is 2.17. The van der Waals surface area contributed by atoms with Crippen LogP contribution >= 0.6 is 11.3 Å². The number of aryl methyl sites for hydroxylation is 2. The molecule has 0 saturated carbocycles. The quantitative estimate of drug-likeness (QED) is 0.797. The molecule has 0 bridgehead atoms. The Kier molecular flexibility index (Phi) is 5.77. The van der Waals surface area contributed by atoms with Gasteiger partial charge in [-0.25, -0.2) is 9.18 Å². The third kappa shape index (κ3) is 4.83. The average Bonchev–Trinajstić information content (AvgIpc) is 2.71. The van der Waals surface area contributed by atoms with Gasteiger partial charge >= 0.3 is 5.97 Å². The molecule has 1 unspecified atom stereocenters. The predicted molar refractivity (Wildman–Crippen MR) is 67.5 cm³/mol. The normalized spacial score (nSPS) is 12.1. The van der Waals surface area contributed by atoms with Crippen molar-refractivity contribution in [3.05, 3.63) is 21.9 Å². The topological polar surface area (TPSA) is 66.4 Å². The average molecular weight is 273 g/mol. The summed E-state index contributed by atoms with van der Waals surface area (Å²) in [6, 6.07) is 2.60. The summed E-state index contributed by atoms with van der Waals surface area (Å²) in [4.78, 5) is 24.3. The van der Waals surface area contributed by atoms with E-state index < -0.39 is 24.6 Å². The van der Waals surface area contributed by atoms with E-state index >= 15 is 0 Å². The van der Waals surface area contributed by atoms with Crippen molar-refractivity contribution in [3.8, 4) is 0 Å². The molecule has 0 radical (unpaired) electrons. The number of rotatable bonds is 7. The first-order chi connectivity index (χ1) is 8.52. The summed E-state index contributed by atoms with van der Waals surface area (Å²) >= 11 is 1.68. The monoisotopic (exact) mass is 273 g/mol. The van der Waals surface area contributed by atoms with Crippen molar-refractivity contribution >= 4 is 23.2 Å². The molecule has 6 heteroatoms. The maximum atomic E-state index is 12.3. The first-order valence-electron chi connectivity index (χ1n) is 5.66. The summed E-state index contributed by atoms with van der Waals surface area (Å²) in [7, 11) is 0. The minimum Gasteiger partial charge on any atom is -0.480 e. The molecule has 1 aromatic heterocycles. The number of halogens is 1. The van der Waals surface area contributed by atoms with Crippen LogP contribution in [0.25, 0.3) is 0 Å². The highest BCUT2D eigenvalue weighted by Gasteiger charge is 2.18. The fourth-order valence-electron chi connectivity index (χ4n) is 1.48. The van der Waals surface area contributed by atoms with Gasteiger partial charge in [0.25, 0.3) is 0 Å². The molecule has 0 saturated heterocycles. The third-order valence-electron chi connectivity index (χ3n) is 2.41. The molecular formula is C12H16FNO3S. The molecule has 0 spiro atoms. The van der Waals surface area contributed by atoms with Crippen molar-refractivity contribution in [1.29, 1.82) is 0 Å². The molecular weight excluding hydrogens is 257 g/mol. The van der Waals surface area contributed by atoms with Crippen molar-refractivity contribution in [2.45, 2.75) is 32.2 Å². The van der Waals surface area contributed by atoms with Gasteiger partial charge in [0, 0.05) is 16.2 Å². The van der Waals surface area contributed by atoms with Crippen LogP contribution in [0.15, 0.2) is 12.1 Å². The second kappa shape index (κ2) is 7.10. The highest BCUT2D eigenvalue weighted by atomic mass is 32.1. The van der Waals surface area contributed by atoms with E-state index in [0.29, 0.717) is 6.42 Å². The number of aliphatic carboxylic acids is 1. The Morgan fingerprint density at radius 2 is 2.22 bits per heavy atom. The first kappa shape index (κ1) is 14.6. The number of nitrogens with one attached hydrogen (secondary N) is 1. The Bertz CT molecular complexity index is 419. The fourth-order valence-corrected chi connectivity index (χ4v) is 2.41. The van der Waals surface area contributed by atoms with Crippen LogP contribution in [-0.4, -0.2) is 29.7 Å². The number of thiophene rings is 1. The molecule has 0 aliphatic rings. The zero-order valence-corrected chi connectivity index (χ0v) is 10.9. The lowest BCUT2D eigenvalue weighted by Gasteiger charge is -2.10. The lowest BCUT2D eigenvalue weighted by molar-refractivity contribution is -0.142. The predicted octanol–water partition coefficient (Wildman–Crippen LogP) is 1.92. The summed E-state index contributed by atoms with van der Waals surface area (Å²) in [6.07, 6.45) is 1.62. The second-order valence-corrected chi connectivity index (χ2v) is 5.35. The highest BCUT2D eigenvalue weighted by molar-refractivity contribution is 7.11. The van der Waals surface area contributed by atoms with Gasteiger partial charge in [-0.2, -0.15) is 0 Å². The molecule has 2 N–H and O–H groups in total. The van der Waals surface area contributed by atoms with Crippen molar-refractivity contribution in [1.82, 2.24) is 5.32 Å². The van der Waals surface area contributed by atoms with E-state index in [4.69, 9.17) is 5.11 Å². The lowest BCUT2D eigenvalue weighted by atomic mass is 10.2. The Hall–Kier alpha value is -1.43. The SMILES string of the molecule is Cc1ccc(CCCC(=O)NC(CF)C(=O)O)s1. The van der Waals surface area contributed by atoms with E-state index in [2.05, 4.69) is 5.32 Å². The van der Waals surface area contributed by atoms with E-state index in [1.165, 1.54) is 9.75 Å². The summed E-state index contributed by atoms with van der Waals surface area (Å²) < 4.78 is 12.3. The molecule has 0 aromatic carbocycles. The molecule has 1 rings (SSSR count). The van der Waals surface area contributed by atoms with Crippen LogP contribution in [-0.2, 0) is 16.0 Å². The van der Waals surface area contributed by atoms with Gasteiger partial charge in [0.2, 0.25) is 5.91 Å². The molecule has 1 atom stereocenters. The molecule has 0 aliphatic heterocycles. The fraction of sp³-hybridized carbons (Fsp3) is 0.500. The summed E-state index contributed by atoms with van der Waals surface area (Å²) in [6.45, 7) is 0.921. The number of carbonyl (C=O) groups excluding carboxylic acids is 1. The van der Waals surface area contributed by atoms with Crippen LogP contribution in [0.5, 0.6) is 0 Å². The number of carbonyl (C=O) groups is 2. The van der Waals surface area contributed by atoms with Crippen molar-refractivity contribution < 1.29 is 19.1 Å². The van der Waals surface area contributed by atoms with Gasteiger partial charge in [0.05, 0.1) is 0 Å².